The first-order valence-electron chi connectivity index (χ1n) is 9.55. The number of carbonyl (C=O) groups is 1. The van der Waals surface area contributed by atoms with E-state index in [1.165, 1.54) is 25.7 Å². The molecule has 3 unspecified atom stereocenters. The van der Waals surface area contributed by atoms with Gasteiger partial charge in [-0.25, -0.2) is 0 Å². The third kappa shape index (κ3) is 3.31. The summed E-state index contributed by atoms with van der Waals surface area (Å²) in [5.41, 5.74) is 1.11. The van der Waals surface area contributed by atoms with E-state index >= 15 is 0 Å². The first-order chi connectivity index (χ1) is 11.7. The van der Waals surface area contributed by atoms with E-state index in [0.29, 0.717) is 23.7 Å². The molecule has 3 rings (SSSR count). The summed E-state index contributed by atoms with van der Waals surface area (Å²) in [4.78, 5) is 12.3. The van der Waals surface area contributed by atoms with Gasteiger partial charge in [0.15, 0.2) is 0 Å². The van der Waals surface area contributed by atoms with Crippen molar-refractivity contribution in [3.8, 4) is 0 Å². The third-order valence-electron chi connectivity index (χ3n) is 6.33. The maximum atomic E-state index is 12.3. The van der Waals surface area contributed by atoms with Crippen LogP contribution >= 0.6 is 0 Å². The van der Waals surface area contributed by atoms with Gasteiger partial charge < -0.3 is 10.1 Å². The van der Waals surface area contributed by atoms with Crippen LogP contribution in [0.2, 0.25) is 0 Å². The molecule has 0 bridgehead atoms. The fourth-order valence-electron chi connectivity index (χ4n) is 5.22. The van der Waals surface area contributed by atoms with Gasteiger partial charge in [-0.1, -0.05) is 37.5 Å². The Bertz CT molecular complexity index is 548. The Hall–Kier alpha value is -1.51. The van der Waals surface area contributed by atoms with Crippen LogP contribution in [0.15, 0.2) is 36.1 Å². The maximum Gasteiger partial charge on any atom is 0.309 e. The van der Waals surface area contributed by atoms with Crippen molar-refractivity contribution in [3.63, 3.8) is 0 Å². The second-order valence-electron chi connectivity index (χ2n) is 7.60. The summed E-state index contributed by atoms with van der Waals surface area (Å²) in [5.74, 6) is 2.39. The lowest BCUT2D eigenvalue weighted by atomic mass is 9.57. The SMILES string of the molecule is C\C=C/C=C(/C=C/[C@H]1C2CCCCC2CC2C(=O)O[C@H](C)[C@H]21)NC. The summed E-state index contributed by atoms with van der Waals surface area (Å²) in [6, 6.07) is 0. The summed E-state index contributed by atoms with van der Waals surface area (Å²) in [7, 11) is 1.96. The van der Waals surface area contributed by atoms with Gasteiger partial charge in [0.1, 0.15) is 6.10 Å². The standard InChI is InChI=1S/C21H31NO2/c1-4-5-9-16(22-3)11-12-18-17-10-7-6-8-15(17)13-19-20(18)14(2)24-21(19)23/h4-5,9,11-12,14-15,17-20,22H,6-8,10,13H2,1-3H3/b5-4-,12-11+,16-9-/t14-,15?,17?,18+,19?,20+/m1/s1. The predicted molar refractivity (Wildman–Crippen MR) is 97.2 cm³/mol. The number of nitrogens with one attached hydrogen (secondary N) is 1. The lowest BCUT2D eigenvalue weighted by molar-refractivity contribution is -0.144. The number of carbonyl (C=O) groups excluding carboxylic acids is 1. The molecule has 1 N–H and O–H groups in total. The van der Waals surface area contributed by atoms with Crippen LogP contribution in [0.4, 0.5) is 0 Å². The molecule has 3 fully saturated rings. The highest BCUT2D eigenvalue weighted by Gasteiger charge is 2.53. The minimum absolute atomic E-state index is 0.0493. The van der Waals surface area contributed by atoms with Crippen molar-refractivity contribution in [1.29, 1.82) is 0 Å². The molecular formula is C21H31NO2. The molecule has 1 heterocycles. The first kappa shape index (κ1) is 17.3. The molecule has 0 aromatic heterocycles. The summed E-state index contributed by atoms with van der Waals surface area (Å²) < 4.78 is 5.63. The fourth-order valence-corrected chi connectivity index (χ4v) is 5.22. The average Bonchev–Trinajstić information content (AvgIpc) is 2.88. The lowest BCUT2D eigenvalue weighted by Crippen LogP contribution is -2.42. The van der Waals surface area contributed by atoms with Crippen LogP contribution in [0, 0.1) is 29.6 Å². The van der Waals surface area contributed by atoms with Crippen molar-refractivity contribution in [2.75, 3.05) is 7.05 Å². The van der Waals surface area contributed by atoms with Crippen LogP contribution in [-0.2, 0) is 9.53 Å². The van der Waals surface area contributed by atoms with E-state index < -0.39 is 0 Å². The number of allylic oxidation sites excluding steroid dienone is 5. The molecular weight excluding hydrogens is 298 g/mol. The summed E-state index contributed by atoms with van der Waals surface area (Å²) in [6.07, 6.45) is 17.1. The van der Waals surface area contributed by atoms with Gasteiger partial charge in [0.05, 0.1) is 5.92 Å². The van der Waals surface area contributed by atoms with Crippen LogP contribution < -0.4 is 5.32 Å². The molecule has 2 aliphatic carbocycles. The maximum absolute atomic E-state index is 12.3. The minimum atomic E-state index is 0.0493. The van der Waals surface area contributed by atoms with Crippen molar-refractivity contribution in [1.82, 2.24) is 5.32 Å². The van der Waals surface area contributed by atoms with E-state index in [4.69, 9.17) is 4.74 Å². The molecule has 2 saturated carbocycles. The van der Waals surface area contributed by atoms with E-state index in [1.54, 1.807) is 0 Å². The quantitative estimate of drug-likeness (QED) is 0.620. The predicted octanol–water partition coefficient (Wildman–Crippen LogP) is 4.23. The number of cyclic esters (lactones) is 1. The largest absolute Gasteiger partial charge is 0.462 e. The average molecular weight is 329 g/mol. The molecule has 0 radical (unpaired) electrons. The van der Waals surface area contributed by atoms with Gasteiger partial charge in [0.2, 0.25) is 0 Å². The van der Waals surface area contributed by atoms with Gasteiger partial charge in [-0.05, 0) is 56.6 Å². The Morgan fingerprint density at radius 3 is 2.83 bits per heavy atom. The number of hydrogen-bond acceptors (Lipinski definition) is 3. The van der Waals surface area contributed by atoms with Gasteiger partial charge in [-0.2, -0.15) is 0 Å². The zero-order chi connectivity index (χ0) is 17.1. The number of ether oxygens (including phenoxy) is 1. The Morgan fingerprint density at radius 2 is 2.08 bits per heavy atom. The summed E-state index contributed by atoms with van der Waals surface area (Å²) >= 11 is 0. The second-order valence-corrected chi connectivity index (χ2v) is 7.60. The molecule has 132 valence electrons. The lowest BCUT2D eigenvalue weighted by Gasteiger charge is -2.45. The number of hydrogen-bond donors (Lipinski definition) is 1. The molecule has 0 amide bonds. The Morgan fingerprint density at radius 1 is 1.29 bits per heavy atom. The fraction of sp³-hybridized carbons (Fsp3) is 0.667. The van der Waals surface area contributed by atoms with Crippen molar-refractivity contribution < 1.29 is 9.53 Å². The van der Waals surface area contributed by atoms with Crippen molar-refractivity contribution >= 4 is 5.97 Å². The molecule has 24 heavy (non-hydrogen) atoms. The normalized spacial score (nSPS) is 39.8. The molecule has 0 aromatic carbocycles. The van der Waals surface area contributed by atoms with Crippen LogP contribution in [0.5, 0.6) is 0 Å². The van der Waals surface area contributed by atoms with Crippen molar-refractivity contribution in [3.05, 3.63) is 36.1 Å². The molecule has 0 aromatic rings. The molecule has 3 heteroatoms. The summed E-state index contributed by atoms with van der Waals surface area (Å²) in [5, 5.41) is 3.25. The zero-order valence-electron chi connectivity index (χ0n) is 15.2. The number of fused-ring (bicyclic) bond motifs is 2. The molecule has 0 spiro atoms. The van der Waals surface area contributed by atoms with Gasteiger partial charge in [0, 0.05) is 18.7 Å². The highest BCUT2D eigenvalue weighted by Crippen LogP contribution is 2.53. The first-order valence-corrected chi connectivity index (χ1v) is 9.55. The highest BCUT2D eigenvalue weighted by atomic mass is 16.6. The topological polar surface area (TPSA) is 38.3 Å². The van der Waals surface area contributed by atoms with Gasteiger partial charge in [-0.3, -0.25) is 4.79 Å². The Labute approximate surface area is 146 Å². The van der Waals surface area contributed by atoms with Gasteiger partial charge >= 0.3 is 5.97 Å². The molecule has 1 aliphatic heterocycles. The highest BCUT2D eigenvalue weighted by molar-refractivity contribution is 5.75. The van der Waals surface area contributed by atoms with Crippen LogP contribution in [0.3, 0.4) is 0 Å². The monoisotopic (exact) mass is 329 g/mol. The van der Waals surface area contributed by atoms with Crippen molar-refractivity contribution in [2.45, 2.75) is 52.1 Å². The Kier molecular flexibility index (Phi) is 5.47. The minimum Gasteiger partial charge on any atom is -0.462 e. The van der Waals surface area contributed by atoms with Crippen LogP contribution in [-0.4, -0.2) is 19.1 Å². The summed E-state index contributed by atoms with van der Waals surface area (Å²) in [6.45, 7) is 4.11. The number of likely N-dealkylation sites (N-methyl/N-ethyl adjacent to an activating group) is 1. The molecule has 3 aliphatic rings. The number of rotatable bonds is 4. The third-order valence-corrected chi connectivity index (χ3v) is 6.33. The smallest absolute Gasteiger partial charge is 0.309 e. The second kappa shape index (κ2) is 7.58. The Balaban J connectivity index is 1.87. The molecule has 3 nitrogen and oxygen atoms in total. The van der Waals surface area contributed by atoms with Crippen LogP contribution in [0.1, 0.15) is 46.0 Å². The van der Waals surface area contributed by atoms with E-state index in [0.717, 1.165) is 12.1 Å². The van der Waals surface area contributed by atoms with Crippen LogP contribution in [0.25, 0.3) is 0 Å². The number of esters is 1. The molecule has 1 saturated heterocycles. The zero-order valence-corrected chi connectivity index (χ0v) is 15.2. The van der Waals surface area contributed by atoms with Crippen molar-refractivity contribution in [2.24, 2.45) is 29.6 Å². The van der Waals surface area contributed by atoms with Gasteiger partial charge in [0.25, 0.3) is 0 Å². The molecule has 6 atom stereocenters. The van der Waals surface area contributed by atoms with E-state index in [1.807, 2.05) is 26.1 Å². The van der Waals surface area contributed by atoms with E-state index in [2.05, 4.69) is 30.5 Å². The van der Waals surface area contributed by atoms with E-state index in [9.17, 15) is 4.79 Å². The van der Waals surface area contributed by atoms with E-state index in [-0.39, 0.29) is 18.0 Å². The van der Waals surface area contributed by atoms with Gasteiger partial charge in [-0.15, -0.1) is 0 Å².